The number of rotatable bonds is 6. The molecule has 0 atom stereocenters. The first-order valence-electron chi connectivity index (χ1n) is 5.79. The van der Waals surface area contributed by atoms with E-state index in [9.17, 15) is 0 Å². The van der Waals surface area contributed by atoms with Gasteiger partial charge in [0, 0.05) is 12.2 Å². The van der Waals surface area contributed by atoms with Crippen molar-refractivity contribution in [2.45, 2.75) is 38.1 Å². The van der Waals surface area contributed by atoms with E-state index in [4.69, 9.17) is 5.73 Å². The third kappa shape index (κ3) is 3.51. The molecule has 3 nitrogen and oxygen atoms in total. The maximum atomic E-state index is 5.77. The predicted octanol–water partition coefficient (Wildman–Crippen LogP) is 1.74. The van der Waals surface area contributed by atoms with Crippen molar-refractivity contribution < 1.29 is 0 Å². The highest BCUT2D eigenvalue weighted by Crippen LogP contribution is 2.18. The van der Waals surface area contributed by atoms with Crippen LogP contribution in [0.2, 0.25) is 0 Å². The lowest BCUT2D eigenvalue weighted by Crippen LogP contribution is -2.17. The highest BCUT2D eigenvalue weighted by Gasteiger charge is 2.19. The third-order valence-electron chi connectivity index (χ3n) is 2.81. The molecule has 0 spiro atoms. The summed E-state index contributed by atoms with van der Waals surface area (Å²) in [7, 11) is 0. The summed E-state index contributed by atoms with van der Waals surface area (Å²) in [6.07, 6.45) is 7.95. The SMILES string of the molecule is Nc1ncccc1CCCCNC1CC1. The standard InChI is InChI=1S/C12H19N3/c13-12-10(5-3-9-15-12)4-1-2-8-14-11-6-7-11/h3,5,9,11,14H,1-2,4,6-8H2,(H2,13,15). The Morgan fingerprint density at radius 3 is 3.00 bits per heavy atom. The molecule has 1 aromatic heterocycles. The fourth-order valence-electron chi connectivity index (χ4n) is 1.70. The molecule has 1 saturated carbocycles. The topological polar surface area (TPSA) is 50.9 Å². The zero-order valence-electron chi connectivity index (χ0n) is 9.08. The van der Waals surface area contributed by atoms with Gasteiger partial charge in [-0.25, -0.2) is 4.98 Å². The molecule has 1 aliphatic rings. The second-order valence-electron chi connectivity index (χ2n) is 4.23. The normalized spacial score (nSPS) is 15.5. The van der Waals surface area contributed by atoms with Crippen molar-refractivity contribution in [2.75, 3.05) is 12.3 Å². The van der Waals surface area contributed by atoms with Gasteiger partial charge < -0.3 is 11.1 Å². The number of unbranched alkanes of at least 4 members (excludes halogenated alkanes) is 1. The number of nitrogens with two attached hydrogens (primary N) is 1. The van der Waals surface area contributed by atoms with Crippen LogP contribution in [-0.4, -0.2) is 17.6 Å². The van der Waals surface area contributed by atoms with Crippen LogP contribution in [0.15, 0.2) is 18.3 Å². The molecular formula is C12H19N3. The molecule has 1 heterocycles. The molecule has 2 rings (SSSR count). The number of aryl methyl sites for hydroxylation is 1. The molecule has 3 N–H and O–H groups in total. The second kappa shape index (κ2) is 5.12. The zero-order valence-corrected chi connectivity index (χ0v) is 9.08. The highest BCUT2D eigenvalue weighted by atomic mass is 14.9. The van der Waals surface area contributed by atoms with Crippen molar-refractivity contribution in [3.63, 3.8) is 0 Å². The molecule has 1 aromatic rings. The minimum Gasteiger partial charge on any atom is -0.383 e. The molecule has 0 aliphatic heterocycles. The minimum atomic E-state index is 0.688. The summed E-state index contributed by atoms with van der Waals surface area (Å²) in [4.78, 5) is 4.08. The summed E-state index contributed by atoms with van der Waals surface area (Å²) >= 11 is 0. The Balaban J connectivity index is 1.62. The van der Waals surface area contributed by atoms with Gasteiger partial charge in [-0.15, -0.1) is 0 Å². The smallest absolute Gasteiger partial charge is 0.126 e. The zero-order chi connectivity index (χ0) is 10.5. The fraction of sp³-hybridized carbons (Fsp3) is 0.583. The van der Waals surface area contributed by atoms with Crippen LogP contribution in [0.5, 0.6) is 0 Å². The average Bonchev–Trinajstić information content (AvgIpc) is 3.04. The lowest BCUT2D eigenvalue weighted by atomic mass is 10.1. The van der Waals surface area contributed by atoms with Gasteiger partial charge in [0.2, 0.25) is 0 Å². The van der Waals surface area contributed by atoms with Crippen LogP contribution in [0.1, 0.15) is 31.2 Å². The van der Waals surface area contributed by atoms with Gasteiger partial charge >= 0.3 is 0 Å². The van der Waals surface area contributed by atoms with Crippen molar-refractivity contribution >= 4 is 5.82 Å². The van der Waals surface area contributed by atoms with Gasteiger partial charge in [0.25, 0.3) is 0 Å². The Morgan fingerprint density at radius 2 is 2.27 bits per heavy atom. The van der Waals surface area contributed by atoms with E-state index in [0.29, 0.717) is 5.82 Å². The number of nitrogen functional groups attached to an aromatic ring is 1. The van der Waals surface area contributed by atoms with Crippen molar-refractivity contribution in [1.82, 2.24) is 10.3 Å². The number of nitrogens with one attached hydrogen (secondary N) is 1. The lowest BCUT2D eigenvalue weighted by molar-refractivity contribution is 0.620. The lowest BCUT2D eigenvalue weighted by Gasteiger charge is -2.04. The Morgan fingerprint density at radius 1 is 1.40 bits per heavy atom. The van der Waals surface area contributed by atoms with Crippen molar-refractivity contribution in [3.8, 4) is 0 Å². The first-order valence-corrected chi connectivity index (χ1v) is 5.79. The first-order chi connectivity index (χ1) is 7.36. The number of hydrogen-bond donors (Lipinski definition) is 2. The number of pyridine rings is 1. The van der Waals surface area contributed by atoms with Crippen LogP contribution in [0, 0.1) is 0 Å². The van der Waals surface area contributed by atoms with Crippen LogP contribution < -0.4 is 11.1 Å². The van der Waals surface area contributed by atoms with E-state index >= 15 is 0 Å². The molecule has 0 radical (unpaired) electrons. The second-order valence-corrected chi connectivity index (χ2v) is 4.23. The van der Waals surface area contributed by atoms with E-state index in [-0.39, 0.29) is 0 Å². The minimum absolute atomic E-state index is 0.688. The summed E-state index contributed by atoms with van der Waals surface area (Å²) in [6, 6.07) is 4.85. The van der Waals surface area contributed by atoms with Crippen LogP contribution in [0.3, 0.4) is 0 Å². The number of aromatic nitrogens is 1. The molecule has 0 unspecified atom stereocenters. The summed E-state index contributed by atoms with van der Waals surface area (Å²) in [5, 5.41) is 3.51. The average molecular weight is 205 g/mol. The van der Waals surface area contributed by atoms with Gasteiger partial charge in [0.1, 0.15) is 5.82 Å². The van der Waals surface area contributed by atoms with E-state index in [1.807, 2.05) is 6.07 Å². The highest BCUT2D eigenvalue weighted by molar-refractivity contribution is 5.38. The van der Waals surface area contributed by atoms with Gasteiger partial charge in [-0.2, -0.15) is 0 Å². The van der Waals surface area contributed by atoms with Gasteiger partial charge in [-0.3, -0.25) is 0 Å². The van der Waals surface area contributed by atoms with Gasteiger partial charge in [0.05, 0.1) is 0 Å². The van der Waals surface area contributed by atoms with Gasteiger partial charge in [-0.1, -0.05) is 6.07 Å². The number of nitrogens with zero attached hydrogens (tertiary/aromatic N) is 1. The van der Waals surface area contributed by atoms with E-state index < -0.39 is 0 Å². The number of hydrogen-bond acceptors (Lipinski definition) is 3. The Labute approximate surface area is 91.1 Å². The summed E-state index contributed by atoms with van der Waals surface area (Å²) < 4.78 is 0. The van der Waals surface area contributed by atoms with Crippen molar-refractivity contribution in [1.29, 1.82) is 0 Å². The molecule has 3 heteroatoms. The predicted molar refractivity (Wildman–Crippen MR) is 62.6 cm³/mol. The monoisotopic (exact) mass is 205 g/mol. The fourth-order valence-corrected chi connectivity index (χ4v) is 1.70. The Hall–Kier alpha value is -1.09. The van der Waals surface area contributed by atoms with E-state index in [0.717, 1.165) is 19.0 Å². The molecule has 1 aliphatic carbocycles. The summed E-state index contributed by atoms with van der Waals surface area (Å²) in [5.74, 6) is 0.688. The van der Waals surface area contributed by atoms with E-state index in [1.54, 1.807) is 6.20 Å². The van der Waals surface area contributed by atoms with Gasteiger partial charge in [-0.05, 0) is 50.3 Å². The maximum absolute atomic E-state index is 5.77. The first kappa shape index (κ1) is 10.4. The summed E-state index contributed by atoms with van der Waals surface area (Å²) in [6.45, 7) is 1.14. The summed E-state index contributed by atoms with van der Waals surface area (Å²) in [5.41, 5.74) is 6.95. The molecule has 1 fully saturated rings. The van der Waals surface area contributed by atoms with Crippen LogP contribution in [-0.2, 0) is 6.42 Å². The van der Waals surface area contributed by atoms with E-state index in [1.165, 1.54) is 31.2 Å². The van der Waals surface area contributed by atoms with Crippen molar-refractivity contribution in [2.24, 2.45) is 0 Å². The van der Waals surface area contributed by atoms with Crippen LogP contribution in [0.25, 0.3) is 0 Å². The molecular weight excluding hydrogens is 186 g/mol. The maximum Gasteiger partial charge on any atom is 0.126 e. The molecule has 82 valence electrons. The molecule has 0 aromatic carbocycles. The Kier molecular flexibility index (Phi) is 3.56. The molecule has 0 amide bonds. The molecule has 0 saturated heterocycles. The molecule has 0 bridgehead atoms. The largest absolute Gasteiger partial charge is 0.383 e. The van der Waals surface area contributed by atoms with Crippen LogP contribution >= 0.6 is 0 Å². The third-order valence-corrected chi connectivity index (χ3v) is 2.81. The van der Waals surface area contributed by atoms with Crippen molar-refractivity contribution in [3.05, 3.63) is 23.9 Å². The molecule has 15 heavy (non-hydrogen) atoms. The Bertz CT molecular complexity index is 307. The van der Waals surface area contributed by atoms with Crippen LogP contribution in [0.4, 0.5) is 5.82 Å². The van der Waals surface area contributed by atoms with E-state index in [2.05, 4.69) is 16.4 Å². The number of anilines is 1. The quantitative estimate of drug-likeness (QED) is 0.695. The van der Waals surface area contributed by atoms with Gasteiger partial charge in [0.15, 0.2) is 0 Å².